The minimum Gasteiger partial charge on any atom is -0.504 e. The van der Waals surface area contributed by atoms with E-state index in [0.717, 1.165) is 17.9 Å². The third-order valence-electron chi connectivity index (χ3n) is 5.26. The summed E-state index contributed by atoms with van der Waals surface area (Å²) in [5.41, 5.74) is 0.640. The zero-order valence-electron chi connectivity index (χ0n) is 13.3. The van der Waals surface area contributed by atoms with Gasteiger partial charge in [0, 0.05) is 0 Å². The molecule has 6 heteroatoms. The Morgan fingerprint density at radius 2 is 1.79 bits per heavy atom. The van der Waals surface area contributed by atoms with Crippen LogP contribution in [-0.4, -0.2) is 35.3 Å². The van der Waals surface area contributed by atoms with E-state index in [9.17, 15) is 14.7 Å². The molecule has 2 bridgehead atoms. The van der Waals surface area contributed by atoms with Gasteiger partial charge in [0.25, 0.3) is 11.8 Å². The maximum atomic E-state index is 12.6. The fourth-order valence-corrected chi connectivity index (χ4v) is 4.07. The Labute approximate surface area is 139 Å². The molecule has 5 rings (SSSR count). The Bertz CT molecular complexity index is 738. The Balaban J connectivity index is 1.59. The van der Waals surface area contributed by atoms with Gasteiger partial charge in [-0.25, -0.2) is 0 Å². The normalized spacial score (nSPS) is 31.1. The summed E-state index contributed by atoms with van der Waals surface area (Å²) in [6.07, 6.45) is 7.55. The molecular weight excluding hydrogens is 308 g/mol. The lowest BCUT2D eigenvalue weighted by atomic mass is 9.63. The van der Waals surface area contributed by atoms with Crippen molar-refractivity contribution in [3.8, 4) is 11.5 Å². The molecule has 1 saturated carbocycles. The van der Waals surface area contributed by atoms with Crippen LogP contribution in [0.1, 0.15) is 18.4 Å². The van der Waals surface area contributed by atoms with Crippen LogP contribution in [0.3, 0.4) is 0 Å². The van der Waals surface area contributed by atoms with Gasteiger partial charge < -0.3 is 9.84 Å². The van der Waals surface area contributed by atoms with Crippen molar-refractivity contribution in [3.63, 3.8) is 0 Å². The molecule has 1 aliphatic heterocycles. The molecule has 3 aliphatic carbocycles. The third-order valence-corrected chi connectivity index (χ3v) is 5.26. The lowest BCUT2D eigenvalue weighted by Crippen LogP contribution is -2.38. The Kier molecular flexibility index (Phi) is 3.40. The molecule has 0 unspecified atom stereocenters. The van der Waals surface area contributed by atoms with Crippen LogP contribution < -0.4 is 4.74 Å². The fourth-order valence-electron chi connectivity index (χ4n) is 4.07. The molecule has 2 fully saturated rings. The van der Waals surface area contributed by atoms with Crippen molar-refractivity contribution in [3.05, 3.63) is 35.9 Å². The average molecular weight is 326 g/mol. The quantitative estimate of drug-likeness (QED) is 0.523. The summed E-state index contributed by atoms with van der Waals surface area (Å²) in [7, 11) is 1.46. The number of imide groups is 1. The lowest BCUT2D eigenvalue weighted by molar-refractivity contribution is -0.140. The number of hydrogen-bond acceptors (Lipinski definition) is 5. The first-order valence-electron chi connectivity index (χ1n) is 8.07. The Hall–Kier alpha value is -2.63. The maximum absolute atomic E-state index is 12.6. The van der Waals surface area contributed by atoms with Crippen LogP contribution >= 0.6 is 0 Å². The van der Waals surface area contributed by atoms with Crippen LogP contribution in [-0.2, 0) is 9.59 Å². The molecule has 124 valence electrons. The lowest BCUT2D eigenvalue weighted by Gasteiger charge is -2.37. The first kappa shape index (κ1) is 14.9. The van der Waals surface area contributed by atoms with E-state index in [0.29, 0.717) is 11.3 Å². The number of amides is 2. The number of nitrogens with zero attached hydrogens (tertiary/aromatic N) is 2. The zero-order valence-corrected chi connectivity index (χ0v) is 13.3. The van der Waals surface area contributed by atoms with E-state index in [1.165, 1.54) is 19.4 Å². The molecule has 1 N–H and O–H groups in total. The number of allylic oxidation sites excluding steroid dienone is 2. The first-order chi connectivity index (χ1) is 11.6. The number of fused-ring (bicyclic) bond motifs is 1. The van der Waals surface area contributed by atoms with Gasteiger partial charge in [0.05, 0.1) is 25.2 Å². The summed E-state index contributed by atoms with van der Waals surface area (Å²) in [5, 5.41) is 14.8. The van der Waals surface area contributed by atoms with E-state index in [1.807, 2.05) is 0 Å². The molecule has 0 spiro atoms. The van der Waals surface area contributed by atoms with E-state index in [4.69, 9.17) is 4.74 Å². The number of aromatic hydroxyl groups is 1. The van der Waals surface area contributed by atoms with Gasteiger partial charge in [-0.05, 0) is 48.4 Å². The number of hydrazone groups is 1. The Morgan fingerprint density at radius 1 is 1.17 bits per heavy atom. The first-order valence-corrected chi connectivity index (χ1v) is 8.07. The van der Waals surface area contributed by atoms with Gasteiger partial charge in [0.15, 0.2) is 11.5 Å². The van der Waals surface area contributed by atoms with Crippen molar-refractivity contribution in [2.24, 2.45) is 28.8 Å². The molecule has 4 aliphatic rings. The summed E-state index contributed by atoms with van der Waals surface area (Å²) in [6, 6.07) is 4.73. The van der Waals surface area contributed by atoms with Gasteiger partial charge >= 0.3 is 0 Å². The zero-order chi connectivity index (χ0) is 16.8. The predicted molar refractivity (Wildman–Crippen MR) is 86.4 cm³/mol. The highest BCUT2D eigenvalue weighted by Gasteiger charge is 2.56. The van der Waals surface area contributed by atoms with Crippen molar-refractivity contribution < 1.29 is 19.4 Å². The molecular formula is C18H18N2O4. The van der Waals surface area contributed by atoms with Gasteiger partial charge in [0.1, 0.15) is 0 Å². The van der Waals surface area contributed by atoms with Crippen molar-refractivity contribution >= 4 is 18.0 Å². The smallest absolute Gasteiger partial charge is 0.254 e. The number of ether oxygens (including phenoxy) is 1. The minimum atomic E-state index is -0.257. The summed E-state index contributed by atoms with van der Waals surface area (Å²) in [6.45, 7) is 0. The number of methoxy groups -OCH3 is 1. The highest BCUT2D eigenvalue weighted by Crippen LogP contribution is 2.49. The third kappa shape index (κ3) is 2.13. The van der Waals surface area contributed by atoms with Crippen molar-refractivity contribution in [1.29, 1.82) is 0 Å². The van der Waals surface area contributed by atoms with Gasteiger partial charge in [-0.3, -0.25) is 9.59 Å². The van der Waals surface area contributed by atoms with Crippen LogP contribution in [0.15, 0.2) is 35.5 Å². The molecule has 1 aromatic carbocycles. The van der Waals surface area contributed by atoms with Crippen LogP contribution in [0.25, 0.3) is 0 Å². The summed E-state index contributed by atoms with van der Waals surface area (Å²) >= 11 is 0. The average Bonchev–Trinajstić information content (AvgIpc) is 2.88. The van der Waals surface area contributed by atoms with Crippen molar-refractivity contribution in [2.45, 2.75) is 12.8 Å². The highest BCUT2D eigenvalue weighted by atomic mass is 16.5. The molecule has 1 heterocycles. The number of phenols is 1. The molecule has 6 nitrogen and oxygen atoms in total. The summed E-state index contributed by atoms with van der Waals surface area (Å²) in [5.74, 6) is -0.265. The largest absolute Gasteiger partial charge is 0.504 e. The number of carbonyl (C=O) groups excluding carboxylic acids is 2. The SMILES string of the molecule is COc1cc(/C=N/N2C(=O)[C@@H]3[C@@H](C2=O)[C@H]2C=C[C@H]3CC2)ccc1O. The van der Waals surface area contributed by atoms with Crippen LogP contribution in [0.2, 0.25) is 0 Å². The molecule has 1 aromatic rings. The number of benzene rings is 1. The monoisotopic (exact) mass is 326 g/mol. The number of rotatable bonds is 3. The molecule has 1 saturated heterocycles. The van der Waals surface area contributed by atoms with Crippen LogP contribution in [0, 0.1) is 23.7 Å². The van der Waals surface area contributed by atoms with E-state index < -0.39 is 0 Å². The second-order valence-corrected chi connectivity index (χ2v) is 6.51. The van der Waals surface area contributed by atoms with Gasteiger partial charge in [-0.1, -0.05) is 12.2 Å². The van der Waals surface area contributed by atoms with Crippen LogP contribution in [0.5, 0.6) is 11.5 Å². The second kappa shape index (κ2) is 5.47. The van der Waals surface area contributed by atoms with E-state index in [-0.39, 0.29) is 41.2 Å². The second-order valence-electron chi connectivity index (χ2n) is 6.51. The van der Waals surface area contributed by atoms with Crippen LogP contribution in [0.4, 0.5) is 0 Å². The molecule has 4 atom stereocenters. The number of phenolic OH excluding ortho intramolecular Hbond substituents is 1. The fraction of sp³-hybridized carbons (Fsp3) is 0.389. The molecule has 0 radical (unpaired) electrons. The van der Waals surface area contributed by atoms with Crippen molar-refractivity contribution in [1.82, 2.24) is 5.01 Å². The number of hydrogen-bond donors (Lipinski definition) is 1. The highest BCUT2D eigenvalue weighted by molar-refractivity contribution is 6.06. The Morgan fingerprint density at radius 3 is 2.33 bits per heavy atom. The van der Waals surface area contributed by atoms with E-state index >= 15 is 0 Å². The van der Waals surface area contributed by atoms with Gasteiger partial charge in [-0.15, -0.1) is 0 Å². The van der Waals surface area contributed by atoms with Gasteiger partial charge in [0.2, 0.25) is 0 Å². The molecule has 0 aromatic heterocycles. The summed E-state index contributed by atoms with van der Waals surface area (Å²) < 4.78 is 5.05. The van der Waals surface area contributed by atoms with E-state index in [2.05, 4.69) is 17.3 Å². The van der Waals surface area contributed by atoms with E-state index in [1.54, 1.807) is 12.1 Å². The predicted octanol–water partition coefficient (Wildman–Crippen LogP) is 1.93. The van der Waals surface area contributed by atoms with Gasteiger partial charge in [-0.2, -0.15) is 10.1 Å². The topological polar surface area (TPSA) is 79.2 Å². The maximum Gasteiger partial charge on any atom is 0.254 e. The molecule has 24 heavy (non-hydrogen) atoms. The van der Waals surface area contributed by atoms with Crippen molar-refractivity contribution in [2.75, 3.05) is 7.11 Å². The summed E-state index contributed by atoms with van der Waals surface area (Å²) in [4.78, 5) is 25.3. The standard InChI is InChI=1S/C18H18N2O4/c1-24-14-8-10(2-7-13(14)21)9-19-20-17(22)15-11-3-4-12(6-5-11)16(15)18(20)23/h2-4,7-9,11-12,15-16,21H,5-6H2,1H3/b19-9+/t11-,12-,15-,16-/m0/s1. The number of carbonyl (C=O) groups is 2. The molecule has 2 amide bonds. The minimum absolute atomic E-state index is 0.0247.